The van der Waals surface area contributed by atoms with Gasteiger partial charge in [-0.2, -0.15) is 0 Å². The number of rotatable bonds is 12. The fourth-order valence-corrected chi connectivity index (χ4v) is 4.45. The van der Waals surface area contributed by atoms with E-state index >= 15 is 0 Å². The second-order valence-electron chi connectivity index (χ2n) is 9.50. The number of aryl methyl sites for hydroxylation is 1. The van der Waals surface area contributed by atoms with Crippen LogP contribution in [-0.4, -0.2) is 23.0 Å². The van der Waals surface area contributed by atoms with Gasteiger partial charge < -0.3 is 13.9 Å². The monoisotopic (exact) mass is 518 g/mol. The Hall–Kier alpha value is -4.35. The molecule has 5 aromatic rings. The van der Waals surface area contributed by atoms with Crippen molar-refractivity contribution in [2.24, 2.45) is 0 Å². The van der Waals surface area contributed by atoms with E-state index in [9.17, 15) is 0 Å². The van der Waals surface area contributed by atoms with Crippen molar-refractivity contribution in [1.29, 1.82) is 0 Å². The molecule has 5 nitrogen and oxygen atoms in total. The topological polar surface area (TPSA) is 47.7 Å². The van der Waals surface area contributed by atoms with E-state index < -0.39 is 0 Å². The molecule has 0 unspecified atom stereocenters. The third kappa shape index (κ3) is 7.37. The fourth-order valence-electron chi connectivity index (χ4n) is 4.45. The van der Waals surface area contributed by atoms with E-state index in [1.54, 1.807) is 0 Å². The quantitative estimate of drug-likeness (QED) is 0.167. The first kappa shape index (κ1) is 26.3. The molecule has 198 valence electrons. The van der Waals surface area contributed by atoms with Gasteiger partial charge in [-0.15, -0.1) is 0 Å². The van der Waals surface area contributed by atoms with Gasteiger partial charge in [-0.25, -0.2) is 4.98 Å². The summed E-state index contributed by atoms with van der Waals surface area (Å²) >= 11 is 0. The minimum absolute atomic E-state index is 0.542. The van der Waals surface area contributed by atoms with Crippen LogP contribution in [0.5, 0.6) is 17.2 Å². The van der Waals surface area contributed by atoms with Crippen molar-refractivity contribution in [2.75, 3.05) is 13.2 Å². The van der Waals surface area contributed by atoms with Gasteiger partial charge in [0.1, 0.15) is 23.0 Å². The van der Waals surface area contributed by atoms with Crippen LogP contribution in [0.1, 0.15) is 29.5 Å². The number of para-hydroxylation sites is 1. The number of benzene rings is 4. The molecule has 0 radical (unpaired) electrons. The van der Waals surface area contributed by atoms with Gasteiger partial charge in [0.15, 0.2) is 0 Å². The molecule has 1 heterocycles. The molecule has 0 atom stereocenters. The largest absolute Gasteiger partial charge is 0.493 e. The van der Waals surface area contributed by atoms with E-state index in [1.165, 1.54) is 11.1 Å². The average molecular weight is 519 g/mol. The molecule has 0 aliphatic carbocycles. The highest BCUT2D eigenvalue weighted by molar-refractivity contribution is 5.53. The van der Waals surface area contributed by atoms with Crippen LogP contribution >= 0.6 is 0 Å². The van der Waals surface area contributed by atoms with Crippen molar-refractivity contribution in [1.82, 2.24) is 9.88 Å². The summed E-state index contributed by atoms with van der Waals surface area (Å²) in [5.41, 5.74) is 4.39. The lowest BCUT2D eigenvalue weighted by atomic mass is 10.1. The van der Waals surface area contributed by atoms with Gasteiger partial charge in [-0.1, -0.05) is 67.6 Å². The Balaban J connectivity index is 1.13. The number of ether oxygens (including phenoxy) is 2. The van der Waals surface area contributed by atoms with Gasteiger partial charge >= 0.3 is 0 Å². The van der Waals surface area contributed by atoms with Crippen LogP contribution in [0.25, 0.3) is 11.5 Å². The first-order valence-electron chi connectivity index (χ1n) is 13.4. The predicted molar refractivity (Wildman–Crippen MR) is 155 cm³/mol. The molecule has 0 aliphatic heterocycles. The number of hydrogen-bond acceptors (Lipinski definition) is 5. The molecule has 0 spiro atoms. The number of aromatic nitrogens is 1. The zero-order valence-electron chi connectivity index (χ0n) is 22.5. The van der Waals surface area contributed by atoms with E-state index in [2.05, 4.69) is 47.1 Å². The minimum Gasteiger partial charge on any atom is -0.493 e. The van der Waals surface area contributed by atoms with Crippen molar-refractivity contribution < 1.29 is 13.9 Å². The molecule has 39 heavy (non-hydrogen) atoms. The van der Waals surface area contributed by atoms with E-state index in [-0.39, 0.29) is 0 Å². The first-order chi connectivity index (χ1) is 19.2. The summed E-state index contributed by atoms with van der Waals surface area (Å²) < 4.78 is 17.9. The average Bonchev–Trinajstić information content (AvgIpc) is 3.35. The van der Waals surface area contributed by atoms with Gasteiger partial charge in [0, 0.05) is 25.1 Å². The number of hydrogen-bond donors (Lipinski definition) is 0. The van der Waals surface area contributed by atoms with Crippen LogP contribution in [0, 0.1) is 6.92 Å². The van der Waals surface area contributed by atoms with Crippen molar-refractivity contribution in [3.05, 3.63) is 132 Å². The molecular formula is C34H34N2O3. The Morgan fingerprint density at radius 3 is 2.13 bits per heavy atom. The highest BCUT2D eigenvalue weighted by Gasteiger charge is 2.12. The lowest BCUT2D eigenvalue weighted by Gasteiger charge is -2.21. The second-order valence-corrected chi connectivity index (χ2v) is 9.50. The summed E-state index contributed by atoms with van der Waals surface area (Å²) in [6.07, 6.45) is 0.692. The molecule has 0 N–H and O–H groups in total. The number of nitrogens with zero attached hydrogens (tertiary/aromatic N) is 2. The van der Waals surface area contributed by atoms with E-state index in [0.29, 0.717) is 18.9 Å². The normalized spacial score (nSPS) is 11.1. The Kier molecular flexibility index (Phi) is 8.71. The summed E-state index contributed by atoms with van der Waals surface area (Å²) in [5, 5.41) is 0. The van der Waals surface area contributed by atoms with Gasteiger partial charge in [-0.05, 0) is 73.1 Å². The third-order valence-corrected chi connectivity index (χ3v) is 6.58. The van der Waals surface area contributed by atoms with Crippen molar-refractivity contribution >= 4 is 0 Å². The van der Waals surface area contributed by atoms with Crippen LogP contribution in [0.15, 0.2) is 114 Å². The Morgan fingerprint density at radius 1 is 0.718 bits per heavy atom. The Labute approximate surface area is 230 Å². The van der Waals surface area contributed by atoms with E-state index in [0.717, 1.165) is 53.9 Å². The summed E-state index contributed by atoms with van der Waals surface area (Å²) in [6.45, 7) is 7.35. The highest BCUT2D eigenvalue weighted by Crippen LogP contribution is 2.24. The summed E-state index contributed by atoms with van der Waals surface area (Å²) in [6, 6.07) is 36.5. The molecule has 0 saturated carbocycles. The van der Waals surface area contributed by atoms with E-state index in [1.807, 2.05) is 85.8 Å². The maximum atomic E-state index is 6.10. The maximum absolute atomic E-state index is 6.10. The van der Waals surface area contributed by atoms with E-state index in [4.69, 9.17) is 13.9 Å². The van der Waals surface area contributed by atoms with Crippen LogP contribution in [0.2, 0.25) is 0 Å². The van der Waals surface area contributed by atoms with Gasteiger partial charge in [0.25, 0.3) is 0 Å². The SMILES string of the molecule is CCN(Cc1ccc(Oc2ccccc2)cc1)Cc1cccc(OCCc2nc(-c3ccccc3)oc2C)c1. The number of oxazole rings is 1. The minimum atomic E-state index is 0.542. The summed E-state index contributed by atoms with van der Waals surface area (Å²) in [4.78, 5) is 7.10. The molecule has 0 aliphatic rings. The van der Waals surface area contributed by atoms with Crippen LogP contribution in [0.4, 0.5) is 0 Å². The second kappa shape index (κ2) is 12.9. The lowest BCUT2D eigenvalue weighted by molar-refractivity contribution is 0.270. The van der Waals surface area contributed by atoms with Crippen molar-refractivity contribution in [3.63, 3.8) is 0 Å². The lowest BCUT2D eigenvalue weighted by Crippen LogP contribution is -2.22. The zero-order chi connectivity index (χ0) is 26.9. The maximum Gasteiger partial charge on any atom is 0.226 e. The van der Waals surface area contributed by atoms with Crippen LogP contribution in [-0.2, 0) is 19.5 Å². The molecule has 0 saturated heterocycles. The van der Waals surface area contributed by atoms with Gasteiger partial charge in [0.05, 0.1) is 12.3 Å². The molecular weight excluding hydrogens is 484 g/mol. The highest BCUT2D eigenvalue weighted by atomic mass is 16.5. The molecule has 0 bridgehead atoms. The van der Waals surface area contributed by atoms with Crippen molar-refractivity contribution in [3.8, 4) is 28.7 Å². The van der Waals surface area contributed by atoms with Crippen molar-refractivity contribution in [2.45, 2.75) is 33.4 Å². The summed E-state index contributed by atoms with van der Waals surface area (Å²) in [7, 11) is 0. The molecule has 0 fully saturated rings. The van der Waals surface area contributed by atoms with Crippen LogP contribution in [0.3, 0.4) is 0 Å². The molecule has 1 aromatic heterocycles. The molecule has 4 aromatic carbocycles. The first-order valence-corrected chi connectivity index (χ1v) is 13.4. The third-order valence-electron chi connectivity index (χ3n) is 6.58. The van der Waals surface area contributed by atoms with Crippen LogP contribution < -0.4 is 9.47 Å². The predicted octanol–water partition coefficient (Wildman–Crippen LogP) is 8.09. The molecule has 5 heteroatoms. The molecule has 5 rings (SSSR count). The summed E-state index contributed by atoms with van der Waals surface area (Å²) in [5.74, 6) is 4.05. The fraction of sp³-hybridized carbons (Fsp3) is 0.206. The van der Waals surface area contributed by atoms with Gasteiger partial charge in [-0.3, -0.25) is 4.90 Å². The Morgan fingerprint density at radius 2 is 1.38 bits per heavy atom. The zero-order valence-corrected chi connectivity index (χ0v) is 22.5. The van der Waals surface area contributed by atoms with Gasteiger partial charge in [0.2, 0.25) is 5.89 Å². The Bertz CT molecular complexity index is 1450. The smallest absolute Gasteiger partial charge is 0.226 e. The molecule has 0 amide bonds. The standard InChI is InChI=1S/C34H34N2O3/c1-3-36(24-27-17-19-31(20-18-27)39-30-14-8-5-9-15-30)25-28-11-10-16-32(23-28)37-22-21-33-26(2)38-34(35-33)29-12-6-4-7-13-29/h4-20,23H,3,21-22,24-25H2,1-2H3.